The highest BCUT2D eigenvalue weighted by Gasteiger charge is 2.39. The van der Waals surface area contributed by atoms with Crippen molar-refractivity contribution in [3.63, 3.8) is 0 Å². The predicted molar refractivity (Wildman–Crippen MR) is 121 cm³/mol. The smallest absolute Gasteiger partial charge is 0.341 e. The molecule has 0 aliphatic rings. The number of hydrogen-bond acceptors (Lipinski definition) is 5. The van der Waals surface area contributed by atoms with Crippen LogP contribution in [-0.2, 0) is 4.74 Å². The summed E-state index contributed by atoms with van der Waals surface area (Å²) >= 11 is 0. The van der Waals surface area contributed by atoms with Gasteiger partial charge in [-0.3, -0.25) is 0 Å². The third kappa shape index (κ3) is 4.62. The molecule has 0 unspecified atom stereocenters. The molecule has 0 aliphatic carbocycles. The van der Waals surface area contributed by atoms with Gasteiger partial charge < -0.3 is 9.16 Å². The Kier molecular flexibility index (Phi) is 6.12. The number of carbonyl (C=O) groups excluding carboxylic acids is 1. The van der Waals surface area contributed by atoms with Gasteiger partial charge in [0.25, 0.3) is 0 Å². The van der Waals surface area contributed by atoms with Crippen molar-refractivity contribution in [3.05, 3.63) is 60.4 Å². The maximum Gasteiger partial charge on any atom is 0.341 e. The first-order valence-corrected chi connectivity index (χ1v) is 13.0. The fourth-order valence-corrected chi connectivity index (χ4v) is 3.73. The molecule has 1 aromatic carbocycles. The number of rotatable bonds is 6. The average Bonchev–Trinajstić information content (AvgIpc) is 3.17. The van der Waals surface area contributed by atoms with Gasteiger partial charge in [-0.25, -0.2) is 14.5 Å². The number of nitrogens with zero attached hydrogens (tertiary/aromatic N) is 3. The minimum Gasteiger partial charge on any atom is -0.543 e. The van der Waals surface area contributed by atoms with E-state index in [4.69, 9.17) is 9.16 Å². The van der Waals surface area contributed by atoms with Crippen LogP contribution in [0.5, 0.6) is 5.75 Å². The number of esters is 1. The fourth-order valence-electron chi connectivity index (χ4n) is 2.71. The van der Waals surface area contributed by atoms with E-state index in [1.165, 1.54) is 0 Å². The van der Waals surface area contributed by atoms with Crippen molar-refractivity contribution in [2.45, 2.75) is 45.8 Å². The van der Waals surface area contributed by atoms with Gasteiger partial charge in [-0.2, -0.15) is 5.10 Å². The zero-order valence-corrected chi connectivity index (χ0v) is 19.5. The van der Waals surface area contributed by atoms with E-state index in [2.05, 4.69) is 43.9 Å². The molecular formula is C23H29N3O3Si. The lowest BCUT2D eigenvalue weighted by atomic mass is 10.1. The summed E-state index contributed by atoms with van der Waals surface area (Å²) in [6.45, 7) is 13.2. The molecule has 30 heavy (non-hydrogen) atoms. The van der Waals surface area contributed by atoms with Crippen LogP contribution < -0.4 is 4.43 Å². The standard InChI is InChI=1S/C23H29N3O3Si/c1-7-28-22(27)19-12-9-14-24-21(19)26-15-13-20(25-26)17-10-8-11-18(16-17)29-30(5,6)23(2,3)4/h8-16H,7H2,1-6H3. The number of pyridine rings is 1. The van der Waals surface area contributed by atoms with Crippen LogP contribution >= 0.6 is 0 Å². The fraction of sp³-hybridized carbons (Fsp3) is 0.348. The summed E-state index contributed by atoms with van der Waals surface area (Å²) in [4.78, 5) is 16.6. The maximum atomic E-state index is 12.3. The van der Waals surface area contributed by atoms with Gasteiger partial charge in [0.1, 0.15) is 11.3 Å². The number of benzene rings is 1. The quantitative estimate of drug-likeness (QED) is 0.387. The lowest BCUT2D eigenvalue weighted by molar-refractivity contribution is 0.0525. The number of aromatic nitrogens is 3. The van der Waals surface area contributed by atoms with E-state index in [9.17, 15) is 4.79 Å². The lowest BCUT2D eigenvalue weighted by Crippen LogP contribution is -2.43. The summed E-state index contributed by atoms with van der Waals surface area (Å²) in [5.74, 6) is 0.872. The van der Waals surface area contributed by atoms with Crippen LogP contribution in [-0.4, -0.2) is 35.7 Å². The average molecular weight is 424 g/mol. The van der Waals surface area contributed by atoms with E-state index in [-0.39, 0.29) is 5.04 Å². The second kappa shape index (κ2) is 8.43. The molecule has 7 heteroatoms. The summed E-state index contributed by atoms with van der Waals surface area (Å²) in [6, 6.07) is 13.3. The molecule has 0 N–H and O–H groups in total. The van der Waals surface area contributed by atoms with Crippen LogP contribution in [0.15, 0.2) is 54.9 Å². The van der Waals surface area contributed by atoms with Gasteiger partial charge in [0.05, 0.1) is 12.3 Å². The van der Waals surface area contributed by atoms with Crippen molar-refractivity contribution >= 4 is 14.3 Å². The first kappa shape index (κ1) is 21.8. The Morgan fingerprint density at radius 1 is 1.13 bits per heavy atom. The summed E-state index contributed by atoms with van der Waals surface area (Å²) < 4.78 is 13.2. The Labute approximate surface area is 179 Å². The van der Waals surface area contributed by atoms with Crippen LogP contribution in [0.3, 0.4) is 0 Å². The first-order chi connectivity index (χ1) is 14.1. The number of hydrogen-bond donors (Lipinski definition) is 0. The second-order valence-electron chi connectivity index (χ2n) is 8.63. The molecule has 0 atom stereocenters. The van der Waals surface area contributed by atoms with E-state index in [0.717, 1.165) is 17.0 Å². The largest absolute Gasteiger partial charge is 0.543 e. The zero-order chi connectivity index (χ0) is 21.9. The highest BCUT2D eigenvalue weighted by molar-refractivity contribution is 6.74. The Balaban J connectivity index is 1.91. The van der Waals surface area contributed by atoms with Gasteiger partial charge in [-0.1, -0.05) is 32.9 Å². The molecular weight excluding hydrogens is 394 g/mol. The first-order valence-electron chi connectivity index (χ1n) is 10.1. The van der Waals surface area contributed by atoms with Crippen molar-refractivity contribution in [1.29, 1.82) is 0 Å². The normalized spacial score (nSPS) is 11.9. The van der Waals surface area contributed by atoms with E-state index in [0.29, 0.717) is 18.0 Å². The van der Waals surface area contributed by atoms with E-state index < -0.39 is 14.3 Å². The second-order valence-corrected chi connectivity index (χ2v) is 13.4. The van der Waals surface area contributed by atoms with Crippen molar-refractivity contribution in [2.24, 2.45) is 0 Å². The van der Waals surface area contributed by atoms with E-state index in [1.807, 2.05) is 30.3 Å². The minimum atomic E-state index is -1.93. The molecule has 2 aromatic heterocycles. The van der Waals surface area contributed by atoms with Crippen LogP contribution in [0.4, 0.5) is 0 Å². The van der Waals surface area contributed by atoms with Crippen LogP contribution in [0.2, 0.25) is 18.1 Å². The predicted octanol–water partition coefficient (Wildman–Crippen LogP) is 5.50. The molecule has 6 nitrogen and oxygen atoms in total. The molecule has 0 bridgehead atoms. The van der Waals surface area contributed by atoms with Crippen molar-refractivity contribution in [2.75, 3.05) is 6.61 Å². The maximum absolute atomic E-state index is 12.3. The van der Waals surface area contributed by atoms with E-state index in [1.54, 1.807) is 36.1 Å². The molecule has 0 aliphatic heterocycles. The van der Waals surface area contributed by atoms with Crippen LogP contribution in [0, 0.1) is 0 Å². The van der Waals surface area contributed by atoms with E-state index >= 15 is 0 Å². The van der Waals surface area contributed by atoms with Crippen molar-refractivity contribution < 1.29 is 14.0 Å². The lowest BCUT2D eigenvalue weighted by Gasteiger charge is -2.36. The molecule has 0 amide bonds. The third-order valence-electron chi connectivity index (χ3n) is 5.40. The molecule has 0 fully saturated rings. The minimum absolute atomic E-state index is 0.118. The van der Waals surface area contributed by atoms with Gasteiger partial charge in [-0.15, -0.1) is 0 Å². The SMILES string of the molecule is CCOC(=O)c1cccnc1-n1ccc(-c2cccc(O[Si](C)(C)C(C)(C)C)c2)n1. The van der Waals surface area contributed by atoms with Crippen LogP contribution in [0.1, 0.15) is 38.1 Å². The third-order valence-corrected chi connectivity index (χ3v) is 9.76. The summed E-state index contributed by atoms with van der Waals surface area (Å²) in [6.07, 6.45) is 3.43. The molecule has 0 spiro atoms. The zero-order valence-electron chi connectivity index (χ0n) is 18.5. The molecule has 0 saturated carbocycles. The Bertz CT molecular complexity index is 1040. The van der Waals surface area contributed by atoms with Gasteiger partial charge in [0.2, 0.25) is 8.32 Å². The Morgan fingerprint density at radius 2 is 1.90 bits per heavy atom. The number of ether oxygens (including phenoxy) is 1. The molecule has 158 valence electrons. The molecule has 0 saturated heterocycles. The summed E-state index contributed by atoms with van der Waals surface area (Å²) in [5, 5.41) is 4.76. The van der Waals surface area contributed by atoms with Gasteiger partial charge >= 0.3 is 5.97 Å². The highest BCUT2D eigenvalue weighted by Crippen LogP contribution is 2.38. The summed E-state index contributed by atoms with van der Waals surface area (Å²) in [7, 11) is -1.93. The van der Waals surface area contributed by atoms with Crippen molar-refractivity contribution in [3.8, 4) is 22.8 Å². The highest BCUT2D eigenvalue weighted by atomic mass is 28.4. The molecule has 3 rings (SSSR count). The topological polar surface area (TPSA) is 66.2 Å². The molecule has 2 heterocycles. The van der Waals surface area contributed by atoms with Gasteiger partial charge in [-0.05, 0) is 55.4 Å². The van der Waals surface area contributed by atoms with Gasteiger partial charge in [0.15, 0.2) is 5.82 Å². The summed E-state index contributed by atoms with van der Waals surface area (Å²) in [5.41, 5.74) is 2.10. The van der Waals surface area contributed by atoms with Gasteiger partial charge in [0, 0.05) is 18.0 Å². The van der Waals surface area contributed by atoms with Crippen LogP contribution in [0.25, 0.3) is 17.1 Å². The molecule has 3 aromatic rings. The number of carbonyl (C=O) groups is 1. The Hall–Kier alpha value is -2.93. The molecule has 0 radical (unpaired) electrons. The Morgan fingerprint density at radius 3 is 2.60 bits per heavy atom. The monoisotopic (exact) mass is 423 g/mol. The van der Waals surface area contributed by atoms with Crippen molar-refractivity contribution in [1.82, 2.24) is 14.8 Å².